The molecule has 0 radical (unpaired) electrons. The molecule has 1 N–H and O–H groups in total. The van der Waals surface area contributed by atoms with Crippen LogP contribution in [0.15, 0.2) is 72.8 Å². The number of nitrogens with one attached hydrogen (secondary N) is 1. The van der Waals surface area contributed by atoms with Crippen LogP contribution in [0.5, 0.6) is 0 Å². The van der Waals surface area contributed by atoms with E-state index in [1.54, 1.807) is 30.3 Å². The van der Waals surface area contributed by atoms with Crippen LogP contribution in [0, 0.1) is 0 Å². The van der Waals surface area contributed by atoms with Crippen molar-refractivity contribution in [2.75, 3.05) is 23.7 Å². The van der Waals surface area contributed by atoms with E-state index in [0.29, 0.717) is 23.6 Å². The van der Waals surface area contributed by atoms with Crippen LogP contribution >= 0.6 is 34.8 Å². The van der Waals surface area contributed by atoms with Crippen LogP contribution in [-0.4, -0.2) is 50.5 Å². The SMILES string of the molecule is CCCNC(=O)C(Cc1ccccc1)N(Cc1cccc(Cl)c1)C(=O)CN(c1cccc(Cl)c1Cl)S(C)(=O)=O. The van der Waals surface area contributed by atoms with Crippen LogP contribution in [-0.2, 0) is 32.6 Å². The number of amides is 2. The van der Waals surface area contributed by atoms with Gasteiger partial charge in [-0.3, -0.25) is 13.9 Å². The van der Waals surface area contributed by atoms with Gasteiger partial charge in [0.2, 0.25) is 21.8 Å². The Bertz CT molecular complexity index is 1400. The molecule has 2 amide bonds. The topological polar surface area (TPSA) is 86.8 Å². The molecule has 0 aromatic heterocycles. The van der Waals surface area contributed by atoms with Gasteiger partial charge in [0.15, 0.2) is 0 Å². The molecule has 0 spiro atoms. The van der Waals surface area contributed by atoms with Crippen molar-refractivity contribution in [1.82, 2.24) is 10.2 Å². The Morgan fingerprint density at radius 1 is 0.923 bits per heavy atom. The Kier molecular flexibility index (Phi) is 11.1. The molecule has 7 nitrogen and oxygen atoms in total. The van der Waals surface area contributed by atoms with Crippen LogP contribution in [0.4, 0.5) is 5.69 Å². The minimum absolute atomic E-state index is 0.000285. The van der Waals surface area contributed by atoms with E-state index < -0.39 is 28.5 Å². The van der Waals surface area contributed by atoms with Crippen LogP contribution in [0.25, 0.3) is 0 Å². The average molecular weight is 611 g/mol. The third-order valence-electron chi connectivity index (χ3n) is 5.94. The molecule has 0 bridgehead atoms. The second-order valence-corrected chi connectivity index (χ2v) is 12.1. The first-order chi connectivity index (χ1) is 18.5. The Morgan fingerprint density at radius 3 is 2.23 bits per heavy atom. The predicted octanol–water partition coefficient (Wildman–Crippen LogP) is 5.58. The van der Waals surface area contributed by atoms with Crippen molar-refractivity contribution in [2.45, 2.75) is 32.4 Å². The summed E-state index contributed by atoms with van der Waals surface area (Å²) in [7, 11) is -3.96. The minimum atomic E-state index is -3.96. The van der Waals surface area contributed by atoms with Gasteiger partial charge < -0.3 is 10.2 Å². The van der Waals surface area contributed by atoms with Crippen LogP contribution in [0.2, 0.25) is 15.1 Å². The van der Waals surface area contributed by atoms with E-state index in [9.17, 15) is 18.0 Å². The van der Waals surface area contributed by atoms with Crippen molar-refractivity contribution in [1.29, 1.82) is 0 Å². The third kappa shape index (κ3) is 8.60. The Labute approximate surface area is 244 Å². The fourth-order valence-corrected chi connectivity index (χ4v) is 5.55. The van der Waals surface area contributed by atoms with E-state index in [1.165, 1.54) is 17.0 Å². The molecule has 39 heavy (non-hydrogen) atoms. The molecule has 0 aliphatic heterocycles. The van der Waals surface area contributed by atoms with Crippen molar-refractivity contribution in [3.8, 4) is 0 Å². The zero-order valence-electron chi connectivity index (χ0n) is 21.6. The summed E-state index contributed by atoms with van der Waals surface area (Å²) in [6, 6.07) is 19.9. The molecule has 0 fully saturated rings. The molecule has 208 valence electrons. The summed E-state index contributed by atoms with van der Waals surface area (Å²) in [4.78, 5) is 28.8. The highest BCUT2D eigenvalue weighted by Crippen LogP contribution is 2.34. The lowest BCUT2D eigenvalue weighted by molar-refractivity contribution is -0.140. The van der Waals surface area contributed by atoms with Crippen molar-refractivity contribution in [3.63, 3.8) is 0 Å². The number of hydrogen-bond acceptors (Lipinski definition) is 4. The van der Waals surface area contributed by atoms with Gasteiger partial charge in [0, 0.05) is 24.5 Å². The first kappa shape index (κ1) is 30.8. The van der Waals surface area contributed by atoms with E-state index in [0.717, 1.165) is 16.1 Å². The van der Waals surface area contributed by atoms with Gasteiger partial charge in [-0.2, -0.15) is 0 Å². The van der Waals surface area contributed by atoms with Crippen molar-refractivity contribution in [2.24, 2.45) is 0 Å². The van der Waals surface area contributed by atoms with E-state index >= 15 is 0 Å². The summed E-state index contributed by atoms with van der Waals surface area (Å²) in [5.74, 6) is -0.938. The van der Waals surface area contributed by atoms with Gasteiger partial charge in [-0.15, -0.1) is 0 Å². The molecule has 3 aromatic carbocycles. The van der Waals surface area contributed by atoms with Gasteiger partial charge >= 0.3 is 0 Å². The second-order valence-electron chi connectivity index (χ2n) is 8.99. The van der Waals surface area contributed by atoms with Crippen molar-refractivity contribution < 1.29 is 18.0 Å². The molecular formula is C28H30Cl3N3O4S. The number of hydrogen-bond donors (Lipinski definition) is 1. The summed E-state index contributed by atoms with van der Waals surface area (Å²) in [6.07, 6.45) is 1.91. The fourth-order valence-electron chi connectivity index (χ4n) is 4.03. The van der Waals surface area contributed by atoms with Gasteiger partial charge in [-0.05, 0) is 41.8 Å². The van der Waals surface area contributed by atoms with E-state index in [2.05, 4.69) is 5.32 Å². The monoisotopic (exact) mass is 609 g/mol. The molecule has 0 aliphatic carbocycles. The summed E-state index contributed by atoms with van der Waals surface area (Å²) in [6.45, 7) is 1.79. The normalized spacial score (nSPS) is 12.0. The molecule has 3 aromatic rings. The van der Waals surface area contributed by atoms with Crippen LogP contribution < -0.4 is 9.62 Å². The molecule has 0 saturated carbocycles. The van der Waals surface area contributed by atoms with E-state index in [-0.39, 0.29) is 34.6 Å². The average Bonchev–Trinajstić information content (AvgIpc) is 2.89. The standard InChI is InChI=1S/C28H30Cl3N3O4S/c1-3-15-32-28(36)25(17-20-9-5-4-6-10-20)33(18-21-11-7-12-22(29)16-21)26(35)19-34(39(2,37)38)24-14-8-13-23(30)27(24)31/h4-14,16,25H,3,15,17-19H2,1-2H3,(H,32,36). The molecule has 0 aliphatic rings. The number of sulfonamides is 1. The van der Waals surface area contributed by atoms with Gasteiger partial charge in [-0.25, -0.2) is 8.42 Å². The van der Waals surface area contributed by atoms with Crippen molar-refractivity contribution in [3.05, 3.63) is 99.0 Å². The Morgan fingerprint density at radius 2 is 1.59 bits per heavy atom. The van der Waals surface area contributed by atoms with Gasteiger partial charge in [-0.1, -0.05) is 90.3 Å². The highest BCUT2D eigenvalue weighted by atomic mass is 35.5. The predicted molar refractivity (Wildman–Crippen MR) is 158 cm³/mol. The summed E-state index contributed by atoms with van der Waals surface area (Å²) in [5.41, 5.74) is 1.59. The second kappa shape index (κ2) is 14.0. The van der Waals surface area contributed by atoms with Crippen LogP contribution in [0.1, 0.15) is 24.5 Å². The number of carbonyl (C=O) groups excluding carboxylic acids is 2. The largest absolute Gasteiger partial charge is 0.354 e. The molecule has 0 saturated heterocycles. The third-order valence-corrected chi connectivity index (χ3v) is 8.11. The Hall–Kier alpha value is -2.78. The van der Waals surface area contributed by atoms with E-state index in [4.69, 9.17) is 34.8 Å². The number of benzene rings is 3. The first-order valence-electron chi connectivity index (χ1n) is 12.3. The molecule has 1 atom stereocenters. The fraction of sp³-hybridized carbons (Fsp3) is 0.286. The first-order valence-corrected chi connectivity index (χ1v) is 15.3. The lowest BCUT2D eigenvalue weighted by Crippen LogP contribution is -2.53. The maximum absolute atomic E-state index is 14.0. The van der Waals surface area contributed by atoms with Crippen molar-refractivity contribution >= 4 is 62.3 Å². The molecule has 11 heteroatoms. The number of nitrogens with zero attached hydrogens (tertiary/aromatic N) is 2. The molecule has 0 heterocycles. The van der Waals surface area contributed by atoms with Gasteiger partial charge in [0.25, 0.3) is 0 Å². The molecule has 3 rings (SSSR count). The maximum atomic E-state index is 14.0. The Balaban J connectivity index is 2.07. The minimum Gasteiger partial charge on any atom is -0.354 e. The lowest BCUT2D eigenvalue weighted by Gasteiger charge is -2.33. The molecule has 1 unspecified atom stereocenters. The van der Waals surface area contributed by atoms with E-state index in [1.807, 2.05) is 37.3 Å². The smallest absolute Gasteiger partial charge is 0.244 e. The van der Waals surface area contributed by atoms with Crippen LogP contribution in [0.3, 0.4) is 0 Å². The highest BCUT2D eigenvalue weighted by Gasteiger charge is 2.33. The number of rotatable bonds is 12. The number of halogens is 3. The number of anilines is 1. The quantitative estimate of drug-likeness (QED) is 0.290. The number of carbonyl (C=O) groups is 2. The zero-order chi connectivity index (χ0) is 28.6. The molecular weight excluding hydrogens is 581 g/mol. The summed E-state index contributed by atoms with van der Waals surface area (Å²) in [5, 5.41) is 3.50. The van der Waals surface area contributed by atoms with Gasteiger partial charge in [0.05, 0.1) is 22.0 Å². The lowest BCUT2D eigenvalue weighted by atomic mass is 10.0. The summed E-state index contributed by atoms with van der Waals surface area (Å²) < 4.78 is 26.6. The zero-order valence-corrected chi connectivity index (χ0v) is 24.7. The van der Waals surface area contributed by atoms with Gasteiger partial charge in [0.1, 0.15) is 12.6 Å². The summed E-state index contributed by atoms with van der Waals surface area (Å²) >= 11 is 18.7. The highest BCUT2D eigenvalue weighted by molar-refractivity contribution is 7.92. The maximum Gasteiger partial charge on any atom is 0.244 e.